The zero-order valence-electron chi connectivity index (χ0n) is 15.1. The van der Waals surface area contributed by atoms with Gasteiger partial charge in [-0.15, -0.1) is 11.3 Å². The first kappa shape index (κ1) is 19.6. The van der Waals surface area contributed by atoms with Gasteiger partial charge in [-0.3, -0.25) is 9.78 Å². The molecule has 1 aromatic carbocycles. The van der Waals surface area contributed by atoms with Crippen LogP contribution in [0.5, 0.6) is 0 Å². The second kappa shape index (κ2) is 8.26. The van der Waals surface area contributed by atoms with Crippen molar-refractivity contribution in [3.63, 3.8) is 0 Å². The minimum absolute atomic E-state index is 0.270. The van der Waals surface area contributed by atoms with Crippen LogP contribution < -0.4 is 5.32 Å². The van der Waals surface area contributed by atoms with Gasteiger partial charge in [-0.2, -0.15) is 0 Å². The molecule has 0 fully saturated rings. The first-order valence-electron chi connectivity index (χ1n) is 8.39. The number of hydrogen-bond acceptors (Lipinski definition) is 5. The fourth-order valence-corrected chi connectivity index (χ4v) is 3.52. The van der Waals surface area contributed by atoms with Gasteiger partial charge in [0.15, 0.2) is 11.6 Å². The van der Waals surface area contributed by atoms with Crippen molar-refractivity contribution in [2.75, 3.05) is 11.9 Å². The fraction of sp³-hybridized carbons (Fsp3) is 0.150. The Balaban J connectivity index is 1.87. The molecule has 5 nitrogen and oxygen atoms in total. The van der Waals surface area contributed by atoms with Crippen molar-refractivity contribution in [1.29, 1.82) is 0 Å². The molecule has 0 aliphatic heterocycles. The molecule has 0 aliphatic carbocycles. The summed E-state index contributed by atoms with van der Waals surface area (Å²) < 4.78 is 32.4. The lowest BCUT2D eigenvalue weighted by Crippen LogP contribution is -2.13. The minimum Gasteiger partial charge on any atom is -0.462 e. The summed E-state index contributed by atoms with van der Waals surface area (Å²) in [5.41, 5.74) is 1.54. The van der Waals surface area contributed by atoms with Crippen molar-refractivity contribution in [1.82, 2.24) is 4.98 Å². The first-order valence-corrected chi connectivity index (χ1v) is 9.20. The van der Waals surface area contributed by atoms with Gasteiger partial charge in [0.25, 0.3) is 5.91 Å². The number of hydrogen-bond donors (Lipinski definition) is 1. The van der Waals surface area contributed by atoms with Crippen LogP contribution in [0.4, 0.5) is 14.5 Å². The lowest BCUT2D eigenvalue weighted by Gasteiger charge is -2.07. The number of rotatable bonds is 5. The highest BCUT2D eigenvalue weighted by Gasteiger charge is 2.17. The molecule has 0 atom stereocenters. The maximum absolute atomic E-state index is 13.7. The quantitative estimate of drug-likeness (QED) is 0.621. The number of nitrogens with one attached hydrogen (secondary N) is 1. The highest BCUT2D eigenvalue weighted by molar-refractivity contribution is 7.17. The number of carbonyl (C=O) groups excluding carboxylic acids is 2. The van der Waals surface area contributed by atoms with Crippen molar-refractivity contribution in [3.05, 3.63) is 70.4 Å². The Morgan fingerprint density at radius 1 is 1.14 bits per heavy atom. The predicted molar refractivity (Wildman–Crippen MR) is 103 cm³/mol. The van der Waals surface area contributed by atoms with E-state index in [1.165, 1.54) is 0 Å². The molecule has 2 heterocycles. The van der Waals surface area contributed by atoms with Gasteiger partial charge >= 0.3 is 5.97 Å². The number of anilines is 1. The van der Waals surface area contributed by atoms with E-state index in [9.17, 15) is 18.4 Å². The Bertz CT molecular complexity index is 1030. The highest BCUT2D eigenvalue weighted by Crippen LogP contribution is 2.32. The summed E-state index contributed by atoms with van der Waals surface area (Å²) in [6.07, 6.45) is 1.64. The number of esters is 1. The number of thiophene rings is 1. The number of ether oxygens (including phenoxy) is 1. The van der Waals surface area contributed by atoms with Crippen LogP contribution in [0.2, 0.25) is 0 Å². The molecule has 8 heteroatoms. The van der Waals surface area contributed by atoms with Gasteiger partial charge in [-0.1, -0.05) is 6.07 Å². The number of pyridine rings is 1. The number of amides is 1. The van der Waals surface area contributed by atoms with Crippen molar-refractivity contribution in [2.24, 2.45) is 0 Å². The maximum Gasteiger partial charge on any atom is 0.338 e. The van der Waals surface area contributed by atoms with Gasteiger partial charge in [0.1, 0.15) is 5.69 Å². The van der Waals surface area contributed by atoms with Gasteiger partial charge < -0.3 is 10.1 Å². The molecular weight excluding hydrogens is 386 g/mol. The largest absolute Gasteiger partial charge is 0.462 e. The van der Waals surface area contributed by atoms with Gasteiger partial charge in [0.05, 0.1) is 29.4 Å². The number of halogens is 2. The third-order valence-corrected chi connectivity index (χ3v) is 5.05. The van der Waals surface area contributed by atoms with Crippen molar-refractivity contribution in [2.45, 2.75) is 13.8 Å². The average Bonchev–Trinajstić information content (AvgIpc) is 3.15. The normalized spacial score (nSPS) is 10.6. The lowest BCUT2D eigenvalue weighted by molar-refractivity contribution is 0.0526. The minimum atomic E-state index is -0.955. The Kier molecular flexibility index (Phi) is 5.79. The van der Waals surface area contributed by atoms with E-state index < -0.39 is 29.2 Å². The second-order valence-corrected chi connectivity index (χ2v) is 6.93. The van der Waals surface area contributed by atoms with Gasteiger partial charge in [-0.05, 0) is 49.2 Å². The standard InChI is InChI=1S/C20H16F2N2O3S/c1-3-27-20(26)12-5-4-11(2)13(8-12)16-6-7-17(28-16)19(25)24-18-14(21)9-23-10-15(18)22/h4-10H,3H2,1-2H3,(H,23,24,25). The topological polar surface area (TPSA) is 68.3 Å². The van der Waals surface area contributed by atoms with E-state index >= 15 is 0 Å². The van der Waals surface area contributed by atoms with E-state index in [1.54, 1.807) is 37.3 Å². The van der Waals surface area contributed by atoms with Crippen LogP contribution in [0.25, 0.3) is 10.4 Å². The smallest absolute Gasteiger partial charge is 0.338 e. The molecular formula is C20H16F2N2O3S. The lowest BCUT2D eigenvalue weighted by atomic mass is 10.0. The van der Waals surface area contributed by atoms with Crippen molar-refractivity contribution >= 4 is 28.9 Å². The van der Waals surface area contributed by atoms with Crippen LogP contribution in [-0.2, 0) is 4.74 Å². The Hall–Kier alpha value is -3.13. The van der Waals surface area contributed by atoms with Gasteiger partial charge in [0, 0.05) is 4.88 Å². The van der Waals surface area contributed by atoms with Crippen molar-refractivity contribution in [3.8, 4) is 10.4 Å². The Morgan fingerprint density at radius 2 is 1.86 bits per heavy atom. The zero-order valence-corrected chi connectivity index (χ0v) is 15.9. The second-order valence-electron chi connectivity index (χ2n) is 5.85. The molecule has 2 aromatic heterocycles. The average molecular weight is 402 g/mol. The van der Waals surface area contributed by atoms with Gasteiger partial charge in [-0.25, -0.2) is 13.6 Å². The van der Waals surface area contributed by atoms with E-state index in [4.69, 9.17) is 4.74 Å². The van der Waals surface area contributed by atoms with E-state index in [-0.39, 0.29) is 11.5 Å². The number of benzene rings is 1. The summed E-state index contributed by atoms with van der Waals surface area (Å²) in [6, 6.07) is 8.44. The zero-order chi connectivity index (χ0) is 20.3. The van der Waals surface area contributed by atoms with E-state index in [1.807, 2.05) is 6.92 Å². The summed E-state index contributed by atoms with van der Waals surface area (Å²) in [5, 5.41) is 2.23. The molecule has 0 unspecified atom stereocenters. The molecule has 0 spiro atoms. The highest BCUT2D eigenvalue weighted by atomic mass is 32.1. The SMILES string of the molecule is CCOC(=O)c1ccc(C)c(-c2ccc(C(=O)Nc3c(F)cncc3F)s2)c1. The number of nitrogens with zero attached hydrogens (tertiary/aromatic N) is 1. The summed E-state index contributed by atoms with van der Waals surface area (Å²) in [5.74, 6) is -2.98. The Morgan fingerprint density at radius 3 is 2.54 bits per heavy atom. The number of carbonyl (C=O) groups is 2. The molecule has 28 heavy (non-hydrogen) atoms. The molecule has 0 radical (unpaired) electrons. The summed E-state index contributed by atoms with van der Waals surface area (Å²) >= 11 is 1.15. The van der Waals surface area contributed by atoms with E-state index in [0.717, 1.165) is 39.7 Å². The van der Waals surface area contributed by atoms with Crippen LogP contribution in [0.1, 0.15) is 32.5 Å². The van der Waals surface area contributed by atoms with E-state index in [2.05, 4.69) is 10.3 Å². The Labute approximate surface area is 164 Å². The first-order chi connectivity index (χ1) is 13.4. The molecule has 0 saturated carbocycles. The summed E-state index contributed by atoms with van der Waals surface area (Å²) in [6.45, 7) is 3.88. The molecule has 1 amide bonds. The number of aromatic nitrogens is 1. The van der Waals surface area contributed by atoms with Crippen LogP contribution >= 0.6 is 11.3 Å². The fourth-order valence-electron chi connectivity index (χ4n) is 2.54. The predicted octanol–water partition coefficient (Wildman–Crippen LogP) is 4.83. The molecule has 3 rings (SSSR count). The van der Waals surface area contributed by atoms with Gasteiger partial charge in [0.2, 0.25) is 0 Å². The van der Waals surface area contributed by atoms with E-state index in [0.29, 0.717) is 5.56 Å². The molecule has 0 bridgehead atoms. The monoisotopic (exact) mass is 402 g/mol. The third-order valence-electron chi connectivity index (χ3n) is 3.94. The van der Waals surface area contributed by atoms with Crippen LogP contribution in [0, 0.1) is 18.6 Å². The third kappa shape index (κ3) is 4.07. The molecule has 3 aromatic rings. The maximum atomic E-state index is 13.7. The number of aryl methyl sites for hydroxylation is 1. The van der Waals surface area contributed by atoms with Crippen LogP contribution in [0.15, 0.2) is 42.7 Å². The van der Waals surface area contributed by atoms with Crippen molar-refractivity contribution < 1.29 is 23.1 Å². The molecule has 0 saturated heterocycles. The molecule has 0 aliphatic rings. The molecule has 144 valence electrons. The summed E-state index contributed by atoms with van der Waals surface area (Å²) in [4.78, 5) is 28.7. The summed E-state index contributed by atoms with van der Waals surface area (Å²) in [7, 11) is 0. The molecule has 1 N–H and O–H groups in total. The van der Waals surface area contributed by atoms with Crippen LogP contribution in [0.3, 0.4) is 0 Å². The van der Waals surface area contributed by atoms with Crippen LogP contribution in [-0.4, -0.2) is 23.5 Å².